The summed E-state index contributed by atoms with van der Waals surface area (Å²) in [6, 6.07) is 0. The van der Waals surface area contributed by atoms with Gasteiger partial charge in [0.2, 0.25) is 0 Å². The van der Waals surface area contributed by atoms with Gasteiger partial charge in [-0.25, -0.2) is 0 Å². The second-order valence-corrected chi connectivity index (χ2v) is 2.91. The maximum atomic E-state index is 10.6. The predicted octanol–water partition coefficient (Wildman–Crippen LogP) is -1.04. The number of ether oxygens (including phenoxy) is 4. The summed E-state index contributed by atoms with van der Waals surface area (Å²) in [6.45, 7) is 2.80. The van der Waals surface area contributed by atoms with Gasteiger partial charge in [0.15, 0.2) is 0 Å². The van der Waals surface area contributed by atoms with E-state index < -0.39 is 0 Å². The zero-order valence-electron chi connectivity index (χ0n) is 9.65. The molecule has 0 atom stereocenters. The first-order valence-corrected chi connectivity index (χ1v) is 5.35. The van der Waals surface area contributed by atoms with Crippen LogP contribution in [0.1, 0.15) is 0 Å². The normalized spacial score (nSPS) is 9.62. The molecule has 98 valence electrons. The van der Waals surface area contributed by atoms with E-state index in [1.165, 1.54) is 0 Å². The van der Waals surface area contributed by atoms with Crippen LogP contribution in [-0.4, -0.2) is 82.9 Å². The summed E-state index contributed by atoms with van der Waals surface area (Å²) in [5.41, 5.74) is 0. The first-order chi connectivity index (χ1) is 7.31. The number of hydrogen-bond donors (Lipinski definition) is 1. The topological polar surface area (TPSA) is 54.0 Å². The summed E-state index contributed by atoms with van der Waals surface area (Å²) in [4.78, 5) is 10.6. The van der Waals surface area contributed by atoms with E-state index in [4.69, 9.17) is 18.9 Å². The molecule has 0 aromatic rings. The van der Waals surface area contributed by atoms with Crippen molar-refractivity contribution in [2.75, 3.05) is 52.5 Å². The number of carbonyl (C=O) groups is 1. The summed E-state index contributed by atoms with van der Waals surface area (Å²) >= 11 is 3.76. The van der Waals surface area contributed by atoms with Crippen molar-refractivity contribution in [1.82, 2.24) is 0 Å². The Kier molecular flexibility index (Phi) is 18.3. The minimum atomic E-state index is -0.335. The molecule has 0 bridgehead atoms. The summed E-state index contributed by atoms with van der Waals surface area (Å²) < 4.78 is 19.8. The third kappa shape index (κ3) is 14.5. The molecule has 0 aromatic heterocycles. The number of hydrogen-bond acceptors (Lipinski definition) is 6. The molecule has 0 rings (SSSR count). The molecule has 0 aromatic carbocycles. The fourth-order valence-corrected chi connectivity index (χ4v) is 0.816. The predicted molar refractivity (Wildman–Crippen MR) is 68.3 cm³/mol. The van der Waals surface area contributed by atoms with Gasteiger partial charge in [-0.3, -0.25) is 4.79 Å². The molecule has 0 heterocycles. The third-order valence-electron chi connectivity index (χ3n) is 1.42. The van der Waals surface area contributed by atoms with Gasteiger partial charge in [-0.1, -0.05) is 0 Å². The Morgan fingerprint density at radius 2 is 1.50 bits per heavy atom. The van der Waals surface area contributed by atoms with E-state index in [0.29, 0.717) is 33.0 Å². The van der Waals surface area contributed by atoms with Crippen molar-refractivity contribution in [2.24, 2.45) is 0 Å². The molecule has 0 amide bonds. The van der Waals surface area contributed by atoms with Crippen LogP contribution in [0.5, 0.6) is 0 Å². The van der Waals surface area contributed by atoms with Crippen molar-refractivity contribution in [3.63, 3.8) is 0 Å². The first kappa shape index (κ1) is 18.9. The van der Waals surface area contributed by atoms with Crippen molar-refractivity contribution in [1.29, 1.82) is 0 Å². The molecule has 0 aliphatic rings. The van der Waals surface area contributed by atoms with Gasteiger partial charge in [-0.2, -0.15) is 12.6 Å². The number of methoxy groups -OCH3 is 1. The van der Waals surface area contributed by atoms with Crippen LogP contribution in [0.2, 0.25) is 0 Å². The number of thiol groups is 1. The van der Waals surface area contributed by atoms with Crippen LogP contribution < -0.4 is 0 Å². The van der Waals surface area contributed by atoms with Gasteiger partial charge < -0.3 is 18.9 Å². The van der Waals surface area contributed by atoms with Crippen LogP contribution in [-0.2, 0) is 23.7 Å². The van der Waals surface area contributed by atoms with Crippen LogP contribution in [0.4, 0.5) is 0 Å². The summed E-state index contributed by atoms with van der Waals surface area (Å²) in [6.07, 6.45) is 0. The van der Waals surface area contributed by atoms with E-state index in [9.17, 15) is 4.79 Å². The van der Waals surface area contributed by atoms with Gasteiger partial charge in [-0.15, -0.1) is 0 Å². The second kappa shape index (κ2) is 15.5. The molecule has 0 saturated carbocycles. The molecule has 5 nitrogen and oxygen atoms in total. The van der Waals surface area contributed by atoms with Crippen molar-refractivity contribution in [3.8, 4) is 0 Å². The average Bonchev–Trinajstić information content (AvgIpc) is 2.26. The fourth-order valence-electron chi connectivity index (χ4n) is 0.724. The Balaban J connectivity index is 0. The van der Waals surface area contributed by atoms with Crippen molar-refractivity contribution < 1.29 is 23.7 Å². The fraction of sp³-hybridized carbons (Fsp3) is 0.889. The van der Waals surface area contributed by atoms with E-state index >= 15 is 0 Å². The average molecular weight is 363 g/mol. The van der Waals surface area contributed by atoms with E-state index in [0.717, 1.165) is 0 Å². The zero-order valence-corrected chi connectivity index (χ0v) is 14.6. The Hall–Kier alpha value is 0.518. The first-order valence-electron chi connectivity index (χ1n) is 4.72. The van der Waals surface area contributed by atoms with E-state index in [1.807, 2.05) is 0 Å². The number of rotatable bonds is 10. The number of carbonyl (C=O) groups excluding carboxylic acids is 1. The van der Waals surface area contributed by atoms with Gasteiger partial charge in [0, 0.05) is 7.11 Å². The summed E-state index contributed by atoms with van der Waals surface area (Å²) in [5, 5.41) is 0. The van der Waals surface area contributed by atoms with E-state index in [1.54, 1.807) is 7.11 Å². The second-order valence-electron chi connectivity index (χ2n) is 2.60. The minimum absolute atomic E-state index is 0. The Morgan fingerprint density at radius 1 is 1.00 bits per heavy atom. The van der Waals surface area contributed by atoms with Gasteiger partial charge in [0.1, 0.15) is 6.61 Å². The van der Waals surface area contributed by atoms with Crippen LogP contribution in [0.15, 0.2) is 0 Å². The standard InChI is InChI=1S/C9H18O5S.Sb.3H/c1-11-2-3-12-4-5-13-6-7-14-9(10)8-15;;;;/h15H,2-8H2,1H3;;;;. The molecule has 0 saturated heterocycles. The Bertz CT molecular complexity index is 159. The summed E-state index contributed by atoms with van der Waals surface area (Å²) in [5.74, 6) is -0.238. The van der Waals surface area contributed by atoms with Crippen LogP contribution in [0, 0.1) is 0 Å². The molecule has 0 aliphatic heterocycles. The van der Waals surface area contributed by atoms with Gasteiger partial charge >= 0.3 is 30.4 Å². The van der Waals surface area contributed by atoms with Gasteiger partial charge in [-0.05, 0) is 0 Å². The van der Waals surface area contributed by atoms with E-state index in [-0.39, 0.29) is 42.8 Å². The van der Waals surface area contributed by atoms with Crippen molar-refractivity contribution in [3.05, 3.63) is 0 Å². The molecule has 0 N–H and O–H groups in total. The molecule has 7 heteroatoms. The van der Waals surface area contributed by atoms with Gasteiger partial charge in [0.25, 0.3) is 0 Å². The van der Waals surface area contributed by atoms with E-state index in [2.05, 4.69) is 12.6 Å². The van der Waals surface area contributed by atoms with Gasteiger partial charge in [0.05, 0.1) is 38.8 Å². The summed E-state index contributed by atoms with van der Waals surface area (Å²) in [7, 11) is 1.62. The quantitative estimate of drug-likeness (QED) is 0.233. The molecule has 0 aliphatic carbocycles. The zero-order chi connectivity index (χ0) is 11.4. The molecular weight excluding hydrogens is 342 g/mol. The maximum absolute atomic E-state index is 10.6. The van der Waals surface area contributed by atoms with Crippen LogP contribution in [0.3, 0.4) is 0 Å². The molecule has 0 radical (unpaired) electrons. The van der Waals surface area contributed by atoms with Crippen molar-refractivity contribution >= 4 is 43.0 Å². The van der Waals surface area contributed by atoms with Crippen molar-refractivity contribution in [2.45, 2.75) is 0 Å². The molecule has 0 spiro atoms. The third-order valence-corrected chi connectivity index (χ3v) is 1.68. The van der Waals surface area contributed by atoms with Crippen LogP contribution in [0.25, 0.3) is 0 Å². The number of esters is 1. The molecular formula is C9H21O5SSb. The van der Waals surface area contributed by atoms with Crippen LogP contribution >= 0.6 is 12.6 Å². The SMILES string of the molecule is COCCOCCOCCOC(=O)CS.[SbH3]. The molecule has 16 heavy (non-hydrogen) atoms. The molecule has 0 unspecified atom stereocenters. The Morgan fingerprint density at radius 3 is 2.00 bits per heavy atom. The Labute approximate surface area is 119 Å². The monoisotopic (exact) mass is 362 g/mol. The molecule has 0 fully saturated rings.